The van der Waals surface area contributed by atoms with E-state index in [1.807, 2.05) is 0 Å². The Hall–Kier alpha value is -2.90. The van der Waals surface area contributed by atoms with Gasteiger partial charge in [0, 0.05) is 18.0 Å². The quantitative estimate of drug-likeness (QED) is 0.924. The monoisotopic (exact) mass is 350 g/mol. The molecule has 0 radical (unpaired) electrons. The van der Waals surface area contributed by atoms with Crippen molar-refractivity contribution in [2.24, 2.45) is 0 Å². The number of carbonyl (C=O) groups is 2. The van der Waals surface area contributed by atoms with Gasteiger partial charge in [0.1, 0.15) is 12.5 Å². The van der Waals surface area contributed by atoms with Gasteiger partial charge in [-0.1, -0.05) is 24.3 Å². The van der Waals surface area contributed by atoms with Crippen LogP contribution in [0.2, 0.25) is 0 Å². The van der Waals surface area contributed by atoms with Crippen LogP contribution in [0, 0.1) is 0 Å². The van der Waals surface area contributed by atoms with Crippen LogP contribution >= 0.6 is 0 Å². The summed E-state index contributed by atoms with van der Waals surface area (Å²) in [6.07, 6.45) is -1.96. The Morgan fingerprint density at radius 3 is 2.52 bits per heavy atom. The predicted octanol–water partition coefficient (Wildman–Crippen LogP) is 3.01. The topological polar surface area (TPSA) is 70.5 Å². The van der Waals surface area contributed by atoms with Gasteiger partial charge in [-0.05, 0) is 23.3 Å². The normalized spacial score (nSPS) is 20.3. The third-order valence-corrected chi connectivity index (χ3v) is 4.08. The Labute approximate surface area is 140 Å². The summed E-state index contributed by atoms with van der Waals surface area (Å²) in [6.45, 7) is -1.54. The van der Waals surface area contributed by atoms with E-state index in [2.05, 4.69) is 4.98 Å². The first kappa shape index (κ1) is 16.9. The Morgan fingerprint density at radius 2 is 1.92 bits per heavy atom. The number of carbonyl (C=O) groups excluding carboxylic acids is 1. The number of aliphatic carboxylic acids is 1. The van der Waals surface area contributed by atoms with E-state index >= 15 is 0 Å². The second-order valence-corrected chi connectivity index (χ2v) is 5.68. The molecule has 0 bridgehead atoms. The molecule has 0 spiro atoms. The molecule has 1 aromatic heterocycles. The number of amides is 1. The molecule has 0 saturated carbocycles. The summed E-state index contributed by atoms with van der Waals surface area (Å²) in [5, 5.41) is 9.68. The van der Waals surface area contributed by atoms with E-state index in [1.165, 1.54) is 42.7 Å². The molecule has 2 heterocycles. The minimum Gasteiger partial charge on any atom is -0.481 e. The van der Waals surface area contributed by atoms with Gasteiger partial charge in [0.25, 0.3) is 5.91 Å². The number of alkyl halides is 3. The molecule has 0 fully saturated rings. The largest absolute Gasteiger partial charge is 0.481 e. The van der Waals surface area contributed by atoms with Crippen molar-refractivity contribution in [1.82, 2.24) is 9.88 Å². The summed E-state index contributed by atoms with van der Waals surface area (Å²) >= 11 is 0. The van der Waals surface area contributed by atoms with Crippen LogP contribution in [0.4, 0.5) is 13.2 Å². The highest BCUT2D eigenvalue weighted by atomic mass is 19.4. The van der Waals surface area contributed by atoms with Crippen LogP contribution in [0.1, 0.15) is 33.4 Å². The molecule has 5 nitrogen and oxygen atoms in total. The first-order valence-electron chi connectivity index (χ1n) is 7.39. The van der Waals surface area contributed by atoms with Crippen LogP contribution in [-0.2, 0) is 4.79 Å². The number of carboxylic acids is 1. The summed E-state index contributed by atoms with van der Waals surface area (Å²) < 4.78 is 39.1. The van der Waals surface area contributed by atoms with Gasteiger partial charge in [0.05, 0.1) is 6.04 Å². The van der Waals surface area contributed by atoms with Gasteiger partial charge in [-0.3, -0.25) is 14.6 Å². The van der Waals surface area contributed by atoms with E-state index in [1.54, 1.807) is 6.07 Å². The smallest absolute Gasteiger partial charge is 0.406 e. The molecule has 0 saturated heterocycles. The predicted molar refractivity (Wildman–Crippen MR) is 80.9 cm³/mol. The van der Waals surface area contributed by atoms with Crippen LogP contribution in [0.5, 0.6) is 0 Å². The summed E-state index contributed by atoms with van der Waals surface area (Å²) in [5.41, 5.74) is 0.411. The molecule has 8 heteroatoms. The second-order valence-electron chi connectivity index (χ2n) is 5.68. The number of benzene rings is 1. The fraction of sp³-hybridized carbons (Fsp3) is 0.235. The van der Waals surface area contributed by atoms with Gasteiger partial charge >= 0.3 is 12.1 Å². The molecule has 130 valence electrons. The number of fused-ring (bicyclic) bond motifs is 1. The SMILES string of the molecule is O=C(O)[C@@H]1c2ccccc2C(=O)N(CC(F)(F)F)[C@H]1c1cccnc1. The van der Waals surface area contributed by atoms with Crippen molar-refractivity contribution in [1.29, 1.82) is 0 Å². The molecule has 1 amide bonds. The lowest BCUT2D eigenvalue weighted by Crippen LogP contribution is -2.48. The summed E-state index contributed by atoms with van der Waals surface area (Å²) in [4.78, 5) is 29.0. The van der Waals surface area contributed by atoms with Gasteiger partial charge in [0.2, 0.25) is 0 Å². The van der Waals surface area contributed by atoms with Crippen LogP contribution < -0.4 is 0 Å². The Balaban J connectivity index is 2.21. The maximum absolute atomic E-state index is 13.0. The standard InChI is InChI=1S/C17H13F3N2O3/c18-17(19,20)9-22-14(10-4-3-7-21-8-10)13(16(24)25)11-5-1-2-6-12(11)15(22)23/h1-8,13-14H,9H2,(H,24,25)/t13-,14+/m1/s1. The summed E-state index contributed by atoms with van der Waals surface area (Å²) in [6, 6.07) is 7.52. The van der Waals surface area contributed by atoms with Gasteiger partial charge in [-0.25, -0.2) is 0 Å². The number of nitrogens with zero attached hydrogens (tertiary/aromatic N) is 2. The highest BCUT2D eigenvalue weighted by Gasteiger charge is 2.47. The number of aromatic nitrogens is 1. The molecule has 1 aliphatic rings. The van der Waals surface area contributed by atoms with Crippen molar-refractivity contribution < 1.29 is 27.9 Å². The number of pyridine rings is 1. The average Bonchev–Trinajstić information content (AvgIpc) is 2.56. The number of carboxylic acid groups (broad SMARTS) is 1. The lowest BCUT2D eigenvalue weighted by molar-refractivity contribution is -0.153. The molecule has 0 unspecified atom stereocenters. The van der Waals surface area contributed by atoms with E-state index < -0.39 is 36.6 Å². The first-order valence-corrected chi connectivity index (χ1v) is 7.39. The molecular weight excluding hydrogens is 337 g/mol. The van der Waals surface area contributed by atoms with Crippen LogP contribution in [0.3, 0.4) is 0 Å². The minimum absolute atomic E-state index is 0.0284. The lowest BCUT2D eigenvalue weighted by Gasteiger charge is -2.40. The first-order chi connectivity index (χ1) is 11.8. The van der Waals surface area contributed by atoms with Gasteiger partial charge in [-0.2, -0.15) is 13.2 Å². The molecule has 25 heavy (non-hydrogen) atoms. The van der Waals surface area contributed by atoms with Crippen molar-refractivity contribution in [2.75, 3.05) is 6.54 Å². The van der Waals surface area contributed by atoms with Crippen LogP contribution in [0.25, 0.3) is 0 Å². The number of halogens is 3. The Kier molecular flexibility index (Phi) is 4.20. The van der Waals surface area contributed by atoms with Crippen LogP contribution in [-0.4, -0.2) is 39.6 Å². The second kappa shape index (κ2) is 6.19. The molecule has 0 aliphatic carbocycles. The van der Waals surface area contributed by atoms with Crippen molar-refractivity contribution in [3.63, 3.8) is 0 Å². The molecule has 2 aromatic rings. The maximum Gasteiger partial charge on any atom is 0.406 e. The molecule has 1 aliphatic heterocycles. The van der Waals surface area contributed by atoms with E-state index in [4.69, 9.17) is 0 Å². The van der Waals surface area contributed by atoms with Crippen molar-refractivity contribution in [3.05, 3.63) is 65.5 Å². The Bertz CT molecular complexity index is 808. The Morgan fingerprint density at radius 1 is 1.20 bits per heavy atom. The van der Waals surface area contributed by atoms with Gasteiger partial charge in [0.15, 0.2) is 0 Å². The molecule has 1 N–H and O–H groups in total. The fourth-order valence-corrected chi connectivity index (χ4v) is 3.15. The van der Waals surface area contributed by atoms with E-state index in [-0.39, 0.29) is 16.7 Å². The zero-order chi connectivity index (χ0) is 18.2. The van der Waals surface area contributed by atoms with Crippen LogP contribution in [0.15, 0.2) is 48.8 Å². The highest BCUT2D eigenvalue weighted by molar-refractivity contribution is 6.00. The zero-order valence-electron chi connectivity index (χ0n) is 12.8. The molecule has 2 atom stereocenters. The van der Waals surface area contributed by atoms with Gasteiger partial charge in [-0.15, -0.1) is 0 Å². The molecule has 3 rings (SSSR count). The fourth-order valence-electron chi connectivity index (χ4n) is 3.15. The minimum atomic E-state index is -4.66. The average molecular weight is 350 g/mol. The third kappa shape index (κ3) is 3.19. The van der Waals surface area contributed by atoms with Gasteiger partial charge < -0.3 is 10.0 Å². The summed E-state index contributed by atoms with van der Waals surface area (Å²) in [7, 11) is 0. The number of rotatable bonds is 3. The maximum atomic E-state index is 13.0. The van der Waals surface area contributed by atoms with E-state index in [0.29, 0.717) is 4.90 Å². The van der Waals surface area contributed by atoms with Crippen molar-refractivity contribution >= 4 is 11.9 Å². The molecular formula is C17H13F3N2O3. The number of hydrogen-bond acceptors (Lipinski definition) is 3. The van der Waals surface area contributed by atoms with E-state index in [9.17, 15) is 27.9 Å². The van der Waals surface area contributed by atoms with Crippen molar-refractivity contribution in [3.8, 4) is 0 Å². The summed E-state index contributed by atoms with van der Waals surface area (Å²) in [5.74, 6) is -3.47. The zero-order valence-corrected chi connectivity index (χ0v) is 12.8. The lowest BCUT2D eigenvalue weighted by atomic mass is 9.80. The molecule has 1 aromatic carbocycles. The van der Waals surface area contributed by atoms with Crippen molar-refractivity contribution in [2.45, 2.75) is 18.1 Å². The number of hydrogen-bond donors (Lipinski definition) is 1. The van der Waals surface area contributed by atoms with E-state index in [0.717, 1.165) is 0 Å². The highest BCUT2D eigenvalue weighted by Crippen LogP contribution is 2.43. The third-order valence-electron chi connectivity index (χ3n) is 4.08.